The van der Waals surface area contributed by atoms with Crippen molar-refractivity contribution in [2.24, 2.45) is 5.73 Å². The van der Waals surface area contributed by atoms with Gasteiger partial charge < -0.3 is 11.1 Å². The highest BCUT2D eigenvalue weighted by atomic mass is 35.5. The Morgan fingerprint density at radius 2 is 1.92 bits per heavy atom. The molecule has 1 aromatic carbocycles. The Hall–Kier alpha value is -1.50. The number of aryl methyl sites for hydroxylation is 1. The summed E-state index contributed by atoms with van der Waals surface area (Å²) in [6.45, 7) is 0. The average molecular weight is 409 g/mol. The average Bonchev–Trinajstić information content (AvgIpc) is 2.98. The van der Waals surface area contributed by atoms with Gasteiger partial charge in [0.1, 0.15) is 5.00 Å². The van der Waals surface area contributed by atoms with E-state index in [2.05, 4.69) is 5.32 Å². The van der Waals surface area contributed by atoms with Crippen molar-refractivity contribution < 1.29 is 9.59 Å². The van der Waals surface area contributed by atoms with Gasteiger partial charge >= 0.3 is 0 Å². The molecule has 0 fully saturated rings. The zero-order valence-electron chi connectivity index (χ0n) is 14.3. The van der Waals surface area contributed by atoms with Crippen LogP contribution in [0.2, 0.25) is 5.02 Å². The van der Waals surface area contributed by atoms with Crippen LogP contribution < -0.4 is 11.1 Å². The largest absolute Gasteiger partial charge is 0.365 e. The summed E-state index contributed by atoms with van der Waals surface area (Å²) >= 11 is 9.07. The van der Waals surface area contributed by atoms with Gasteiger partial charge in [0, 0.05) is 21.2 Å². The van der Waals surface area contributed by atoms with Gasteiger partial charge in [0.2, 0.25) is 5.91 Å². The van der Waals surface area contributed by atoms with Crippen molar-refractivity contribution in [3.05, 3.63) is 45.3 Å². The van der Waals surface area contributed by atoms with E-state index in [1.807, 2.05) is 24.3 Å². The monoisotopic (exact) mass is 408 g/mol. The predicted molar refractivity (Wildman–Crippen MR) is 110 cm³/mol. The first kappa shape index (κ1) is 19.3. The molecule has 2 aromatic rings. The van der Waals surface area contributed by atoms with Gasteiger partial charge in [-0.05, 0) is 67.7 Å². The molecule has 1 aromatic heterocycles. The molecule has 4 nitrogen and oxygen atoms in total. The molecule has 0 radical (unpaired) electrons. The number of anilines is 1. The van der Waals surface area contributed by atoms with Crippen LogP contribution >= 0.6 is 34.7 Å². The summed E-state index contributed by atoms with van der Waals surface area (Å²) in [6.07, 6.45) is 5.21. The van der Waals surface area contributed by atoms with Gasteiger partial charge in [-0.1, -0.05) is 11.6 Å². The lowest BCUT2D eigenvalue weighted by Gasteiger charge is -2.11. The van der Waals surface area contributed by atoms with Crippen LogP contribution in [0.4, 0.5) is 5.00 Å². The van der Waals surface area contributed by atoms with Gasteiger partial charge in [0.15, 0.2) is 0 Å². The molecule has 138 valence electrons. The number of carbonyl (C=O) groups excluding carboxylic acids is 2. The molecule has 0 aliphatic heterocycles. The fourth-order valence-electron chi connectivity index (χ4n) is 3.06. The van der Waals surface area contributed by atoms with Crippen LogP contribution in [0.3, 0.4) is 0 Å². The summed E-state index contributed by atoms with van der Waals surface area (Å²) in [4.78, 5) is 26.4. The normalized spacial score (nSPS) is 13.3. The van der Waals surface area contributed by atoms with E-state index in [1.54, 1.807) is 11.8 Å². The maximum absolute atomic E-state index is 12.3. The predicted octanol–water partition coefficient (Wildman–Crippen LogP) is 4.89. The Labute approximate surface area is 166 Å². The summed E-state index contributed by atoms with van der Waals surface area (Å²) in [6, 6.07) is 7.67. The number of amides is 2. The summed E-state index contributed by atoms with van der Waals surface area (Å²) < 4.78 is 0. The van der Waals surface area contributed by atoms with Crippen molar-refractivity contribution in [2.45, 2.75) is 43.4 Å². The van der Waals surface area contributed by atoms with E-state index in [-0.39, 0.29) is 5.91 Å². The molecule has 3 N–H and O–H groups in total. The van der Waals surface area contributed by atoms with E-state index in [0.29, 0.717) is 17.0 Å². The quantitative estimate of drug-likeness (QED) is 0.506. The molecule has 0 spiro atoms. The molecule has 2 amide bonds. The summed E-state index contributed by atoms with van der Waals surface area (Å²) in [5.41, 5.74) is 7.12. The lowest BCUT2D eigenvalue weighted by Crippen LogP contribution is -2.18. The second-order valence-electron chi connectivity index (χ2n) is 6.23. The number of nitrogens with two attached hydrogens (primary N) is 1. The van der Waals surface area contributed by atoms with E-state index in [4.69, 9.17) is 17.3 Å². The molecule has 7 heteroatoms. The van der Waals surface area contributed by atoms with E-state index < -0.39 is 5.91 Å². The molecule has 0 saturated heterocycles. The second kappa shape index (κ2) is 8.93. The van der Waals surface area contributed by atoms with Gasteiger partial charge in [0.25, 0.3) is 5.91 Å². The number of benzene rings is 1. The maximum atomic E-state index is 12.3. The van der Waals surface area contributed by atoms with Crippen LogP contribution in [0.15, 0.2) is 29.2 Å². The van der Waals surface area contributed by atoms with Gasteiger partial charge in [-0.15, -0.1) is 23.1 Å². The van der Waals surface area contributed by atoms with Crippen LogP contribution in [-0.4, -0.2) is 17.6 Å². The number of halogens is 1. The topological polar surface area (TPSA) is 72.2 Å². The minimum atomic E-state index is -0.446. The third-order valence-corrected chi connectivity index (χ3v) is 6.86. The third-order valence-electron chi connectivity index (χ3n) is 4.30. The maximum Gasteiger partial charge on any atom is 0.251 e. The first-order valence-corrected chi connectivity index (χ1v) is 10.8. The Bertz CT molecular complexity index is 803. The Morgan fingerprint density at radius 3 is 2.65 bits per heavy atom. The van der Waals surface area contributed by atoms with E-state index in [0.717, 1.165) is 53.3 Å². The molecule has 0 bridgehead atoms. The van der Waals surface area contributed by atoms with Crippen molar-refractivity contribution >= 4 is 51.5 Å². The van der Waals surface area contributed by atoms with Gasteiger partial charge in [0.05, 0.1) is 5.56 Å². The molecule has 1 aliphatic carbocycles. The number of thioether (sulfide) groups is 1. The lowest BCUT2D eigenvalue weighted by atomic mass is 9.95. The summed E-state index contributed by atoms with van der Waals surface area (Å²) in [7, 11) is 0. The molecule has 26 heavy (non-hydrogen) atoms. The molecule has 0 saturated carbocycles. The van der Waals surface area contributed by atoms with Crippen molar-refractivity contribution in [1.29, 1.82) is 0 Å². The molecule has 1 heterocycles. The Balaban J connectivity index is 1.52. The number of thiophene rings is 1. The zero-order chi connectivity index (χ0) is 18.5. The highest BCUT2D eigenvalue weighted by Gasteiger charge is 2.24. The number of nitrogens with one attached hydrogen (secondary N) is 1. The van der Waals surface area contributed by atoms with Crippen LogP contribution in [0.25, 0.3) is 0 Å². The number of hydrogen-bond acceptors (Lipinski definition) is 4. The van der Waals surface area contributed by atoms with Crippen LogP contribution in [0, 0.1) is 0 Å². The summed E-state index contributed by atoms with van der Waals surface area (Å²) in [5.74, 6) is 0.333. The van der Waals surface area contributed by atoms with Crippen LogP contribution in [0.1, 0.15) is 46.5 Å². The van der Waals surface area contributed by atoms with Crippen LogP contribution in [-0.2, 0) is 17.6 Å². The number of fused-ring (bicyclic) bond motifs is 1. The molecular formula is C19H21ClN2O2S2. The number of carbonyl (C=O) groups is 2. The Kier molecular flexibility index (Phi) is 6.62. The zero-order valence-corrected chi connectivity index (χ0v) is 16.7. The standard InChI is InChI=1S/C19H21ClN2O2S2/c20-12-7-9-13(10-8-12)25-11-3-6-16(23)22-19-17(18(21)24)14-4-1-2-5-15(14)26-19/h7-10H,1-6,11H2,(H2,21,24)(H,22,23). The smallest absolute Gasteiger partial charge is 0.251 e. The minimum Gasteiger partial charge on any atom is -0.365 e. The van der Waals surface area contributed by atoms with Gasteiger partial charge in [-0.2, -0.15) is 0 Å². The fourth-order valence-corrected chi connectivity index (χ4v) is 5.35. The molecular weight excluding hydrogens is 388 g/mol. The third kappa shape index (κ3) is 4.81. The molecule has 1 aliphatic rings. The first-order chi connectivity index (χ1) is 12.5. The Morgan fingerprint density at radius 1 is 1.19 bits per heavy atom. The van der Waals surface area contributed by atoms with Crippen molar-refractivity contribution in [3.63, 3.8) is 0 Å². The number of primary amides is 1. The van der Waals surface area contributed by atoms with E-state index in [1.165, 1.54) is 16.2 Å². The van der Waals surface area contributed by atoms with Crippen molar-refractivity contribution in [2.75, 3.05) is 11.1 Å². The van der Waals surface area contributed by atoms with Gasteiger partial charge in [-0.25, -0.2) is 0 Å². The fraction of sp³-hybridized carbons (Fsp3) is 0.368. The highest BCUT2D eigenvalue weighted by molar-refractivity contribution is 7.99. The SMILES string of the molecule is NC(=O)c1c(NC(=O)CCCSc2ccc(Cl)cc2)sc2c1CCCC2. The molecule has 0 atom stereocenters. The number of rotatable bonds is 7. The first-order valence-electron chi connectivity index (χ1n) is 8.67. The molecule has 0 unspecified atom stereocenters. The van der Waals surface area contributed by atoms with E-state index >= 15 is 0 Å². The van der Waals surface area contributed by atoms with Gasteiger partial charge in [-0.3, -0.25) is 9.59 Å². The lowest BCUT2D eigenvalue weighted by molar-refractivity contribution is -0.116. The minimum absolute atomic E-state index is 0.0668. The van der Waals surface area contributed by atoms with Crippen molar-refractivity contribution in [3.8, 4) is 0 Å². The van der Waals surface area contributed by atoms with Crippen LogP contribution in [0.5, 0.6) is 0 Å². The van der Waals surface area contributed by atoms with E-state index in [9.17, 15) is 9.59 Å². The number of hydrogen-bond donors (Lipinski definition) is 2. The highest BCUT2D eigenvalue weighted by Crippen LogP contribution is 2.38. The summed E-state index contributed by atoms with van der Waals surface area (Å²) in [5, 5.41) is 4.25. The van der Waals surface area contributed by atoms with Crippen molar-refractivity contribution in [1.82, 2.24) is 0 Å². The second-order valence-corrected chi connectivity index (χ2v) is 8.94. The molecule has 3 rings (SSSR count).